The minimum Gasteiger partial charge on any atom is -0.457 e. The quantitative estimate of drug-likeness (QED) is 0.214. The number of amides is 1. The third kappa shape index (κ3) is 10.9. The molecule has 1 amide bonds. The van der Waals surface area contributed by atoms with E-state index in [9.17, 15) is 24.6 Å². The Bertz CT molecular complexity index is 938. The molecule has 1 saturated heterocycles. The van der Waals surface area contributed by atoms with Gasteiger partial charge in [0.2, 0.25) is 0 Å². The number of likely N-dealkylation sites (N-methyl/N-ethyl adjacent to an activating group) is 1. The zero-order chi connectivity index (χ0) is 29.9. The van der Waals surface area contributed by atoms with E-state index >= 15 is 0 Å². The molecular formula is C29H46N2O9. The Morgan fingerprint density at radius 2 is 1.93 bits per heavy atom. The number of nitrogens with zero attached hydrogens (tertiary/aromatic N) is 2. The van der Waals surface area contributed by atoms with Crippen molar-refractivity contribution in [2.24, 2.45) is 11.8 Å². The smallest absolute Gasteiger partial charge is 0.457 e. The van der Waals surface area contributed by atoms with Gasteiger partial charge >= 0.3 is 18.2 Å². The van der Waals surface area contributed by atoms with Gasteiger partial charge in [0, 0.05) is 38.0 Å². The number of aliphatic hydroxyl groups excluding tert-OH is 1. The second-order valence-electron chi connectivity index (χ2n) is 11.0. The molecule has 11 heteroatoms. The van der Waals surface area contributed by atoms with Crippen LogP contribution < -0.4 is 0 Å². The van der Waals surface area contributed by atoms with E-state index in [0.29, 0.717) is 13.1 Å². The molecule has 2 aliphatic rings. The first-order valence-electron chi connectivity index (χ1n) is 13.8. The lowest BCUT2D eigenvalue weighted by atomic mass is 9.89. The summed E-state index contributed by atoms with van der Waals surface area (Å²) >= 11 is 0. The first-order valence-corrected chi connectivity index (χ1v) is 13.8. The van der Waals surface area contributed by atoms with Crippen LogP contribution in [0.2, 0.25) is 0 Å². The average Bonchev–Trinajstić information content (AvgIpc) is 2.90. The summed E-state index contributed by atoms with van der Waals surface area (Å²) in [6, 6.07) is 0. The number of methoxy groups -OCH3 is 1. The Kier molecular flexibility index (Phi) is 13.1. The number of aliphatic hydroxyl groups is 2. The first kappa shape index (κ1) is 33.3. The number of carbonyl (C=O) groups is 3. The molecule has 2 heterocycles. The fourth-order valence-electron chi connectivity index (χ4n) is 4.43. The summed E-state index contributed by atoms with van der Waals surface area (Å²) in [4.78, 5) is 40.5. The van der Waals surface area contributed by atoms with Gasteiger partial charge in [0.25, 0.3) is 0 Å². The average molecular weight is 567 g/mol. The molecule has 0 spiro atoms. The molecule has 2 aliphatic heterocycles. The predicted octanol–water partition coefficient (Wildman–Crippen LogP) is 3.06. The van der Waals surface area contributed by atoms with Crippen molar-refractivity contribution in [3.63, 3.8) is 0 Å². The third-order valence-electron chi connectivity index (χ3n) is 7.19. The topological polar surface area (TPSA) is 135 Å². The summed E-state index contributed by atoms with van der Waals surface area (Å²) in [5.74, 6) is -0.967. The number of rotatable bonds is 6. The molecule has 2 N–H and O–H groups in total. The minimum atomic E-state index is -1.46. The normalized spacial score (nSPS) is 30.9. The van der Waals surface area contributed by atoms with Gasteiger partial charge in [0.05, 0.1) is 19.6 Å². The van der Waals surface area contributed by atoms with Gasteiger partial charge in [-0.3, -0.25) is 4.79 Å². The van der Waals surface area contributed by atoms with Gasteiger partial charge < -0.3 is 39.0 Å². The molecule has 0 saturated carbocycles. The molecule has 0 aliphatic carbocycles. The molecule has 0 bridgehead atoms. The van der Waals surface area contributed by atoms with E-state index in [1.165, 1.54) is 7.11 Å². The highest BCUT2D eigenvalue weighted by Gasteiger charge is 2.36. The van der Waals surface area contributed by atoms with Crippen LogP contribution in [-0.2, 0) is 23.7 Å². The van der Waals surface area contributed by atoms with Crippen LogP contribution in [-0.4, -0.2) is 109 Å². The standard InChI is InChI=1S/C29H46N2O9/c1-20(19-38-28(35)37-6)8-7-9-21(2)26-22(3)10-11-24(39-27(34)31-16-14-30(5)15-17-31)29(4,36)13-12-23(32)18-25(33)40-26/h7-11,20,22-24,26,32,36H,12-19H2,1-6H3/b8-7+,11-10-,21-9+/t20-,22+,23-,24+,26-,29-/m1/s1. The predicted molar refractivity (Wildman–Crippen MR) is 148 cm³/mol. The maximum atomic E-state index is 12.9. The molecule has 40 heavy (non-hydrogen) atoms. The Labute approximate surface area is 237 Å². The van der Waals surface area contributed by atoms with Crippen molar-refractivity contribution >= 4 is 18.2 Å². The van der Waals surface area contributed by atoms with E-state index in [1.807, 2.05) is 33.9 Å². The van der Waals surface area contributed by atoms with Crippen LogP contribution in [0, 0.1) is 11.8 Å². The van der Waals surface area contributed by atoms with Crippen molar-refractivity contribution < 1.29 is 43.5 Å². The number of esters is 1. The van der Waals surface area contributed by atoms with Crippen LogP contribution in [0.4, 0.5) is 9.59 Å². The molecular weight excluding hydrogens is 520 g/mol. The maximum Gasteiger partial charge on any atom is 0.507 e. The summed E-state index contributed by atoms with van der Waals surface area (Å²) in [6.07, 6.45) is 4.98. The number of piperazine rings is 1. The molecule has 0 unspecified atom stereocenters. The van der Waals surface area contributed by atoms with E-state index < -0.39 is 42.1 Å². The molecule has 2 rings (SSSR count). The zero-order valence-electron chi connectivity index (χ0n) is 24.6. The Balaban J connectivity index is 2.23. The van der Waals surface area contributed by atoms with Crippen LogP contribution in [0.1, 0.15) is 47.0 Å². The monoisotopic (exact) mass is 566 g/mol. The summed E-state index contributed by atoms with van der Waals surface area (Å²) in [5.41, 5.74) is -0.722. The second-order valence-corrected chi connectivity index (χ2v) is 11.0. The zero-order valence-corrected chi connectivity index (χ0v) is 24.6. The van der Waals surface area contributed by atoms with E-state index in [0.717, 1.165) is 18.7 Å². The Hall–Kier alpha value is -2.89. The molecule has 6 atom stereocenters. The number of ether oxygens (including phenoxy) is 4. The lowest BCUT2D eigenvalue weighted by Gasteiger charge is -2.36. The van der Waals surface area contributed by atoms with Crippen LogP contribution >= 0.6 is 0 Å². The van der Waals surface area contributed by atoms with Gasteiger partial charge in [-0.1, -0.05) is 38.2 Å². The number of allylic oxidation sites excluding steroid dienone is 2. The highest BCUT2D eigenvalue weighted by Crippen LogP contribution is 2.27. The van der Waals surface area contributed by atoms with E-state index in [-0.39, 0.29) is 37.7 Å². The van der Waals surface area contributed by atoms with E-state index in [2.05, 4.69) is 9.64 Å². The SMILES string of the molecule is COC(=O)OC[C@H](C)/C=C/C=C(\C)[C@H]1OC(=O)C[C@H](O)CC[C@@](C)(O)[C@@H](OC(=O)N2CCN(C)CC2)/C=C\[C@@H]1C. The summed E-state index contributed by atoms with van der Waals surface area (Å²) in [7, 11) is 3.24. The van der Waals surface area contributed by atoms with Crippen molar-refractivity contribution in [2.75, 3.05) is 46.9 Å². The first-order chi connectivity index (χ1) is 18.8. The Morgan fingerprint density at radius 3 is 2.58 bits per heavy atom. The van der Waals surface area contributed by atoms with Crippen LogP contribution in [0.5, 0.6) is 0 Å². The van der Waals surface area contributed by atoms with Gasteiger partial charge in [-0.25, -0.2) is 9.59 Å². The van der Waals surface area contributed by atoms with Crippen molar-refractivity contribution in [2.45, 2.75) is 70.9 Å². The summed E-state index contributed by atoms with van der Waals surface area (Å²) in [6.45, 7) is 9.82. The highest BCUT2D eigenvalue weighted by atomic mass is 16.7. The summed E-state index contributed by atoms with van der Waals surface area (Å²) in [5, 5.41) is 21.7. The van der Waals surface area contributed by atoms with Gasteiger partial charge in [0.15, 0.2) is 6.10 Å². The van der Waals surface area contributed by atoms with E-state index in [4.69, 9.17) is 14.2 Å². The van der Waals surface area contributed by atoms with Gasteiger partial charge in [-0.15, -0.1) is 0 Å². The molecule has 0 aromatic rings. The van der Waals surface area contributed by atoms with Gasteiger partial charge in [-0.2, -0.15) is 0 Å². The molecule has 0 aromatic carbocycles. The van der Waals surface area contributed by atoms with Crippen molar-refractivity contribution in [3.05, 3.63) is 36.0 Å². The van der Waals surface area contributed by atoms with Crippen molar-refractivity contribution in [1.29, 1.82) is 0 Å². The summed E-state index contributed by atoms with van der Waals surface area (Å²) < 4.78 is 21.0. The lowest BCUT2D eigenvalue weighted by Crippen LogP contribution is -2.50. The molecule has 1 fully saturated rings. The minimum absolute atomic E-state index is 0.0764. The van der Waals surface area contributed by atoms with Crippen LogP contribution in [0.3, 0.4) is 0 Å². The fourth-order valence-corrected chi connectivity index (χ4v) is 4.43. The number of hydrogen-bond acceptors (Lipinski definition) is 10. The second kappa shape index (κ2) is 15.8. The van der Waals surface area contributed by atoms with Crippen molar-refractivity contribution in [1.82, 2.24) is 9.80 Å². The van der Waals surface area contributed by atoms with Gasteiger partial charge in [-0.05, 0) is 45.4 Å². The van der Waals surface area contributed by atoms with Crippen LogP contribution in [0.15, 0.2) is 36.0 Å². The number of carbonyl (C=O) groups excluding carboxylic acids is 3. The number of hydrogen-bond donors (Lipinski definition) is 2. The molecule has 0 radical (unpaired) electrons. The third-order valence-corrected chi connectivity index (χ3v) is 7.19. The largest absolute Gasteiger partial charge is 0.507 e. The van der Waals surface area contributed by atoms with E-state index in [1.54, 1.807) is 36.1 Å². The maximum absolute atomic E-state index is 12.9. The molecule has 226 valence electrons. The molecule has 11 nitrogen and oxygen atoms in total. The van der Waals surface area contributed by atoms with Gasteiger partial charge in [0.1, 0.15) is 18.3 Å². The Morgan fingerprint density at radius 1 is 1.25 bits per heavy atom. The fraction of sp³-hybridized carbons (Fsp3) is 0.690. The molecule has 0 aromatic heterocycles. The lowest BCUT2D eigenvalue weighted by molar-refractivity contribution is -0.151. The van der Waals surface area contributed by atoms with Crippen molar-refractivity contribution in [3.8, 4) is 0 Å². The highest BCUT2D eigenvalue weighted by molar-refractivity contribution is 5.70. The van der Waals surface area contributed by atoms with Crippen LogP contribution in [0.25, 0.3) is 0 Å². The number of cyclic esters (lactones) is 1.